The van der Waals surface area contributed by atoms with Crippen molar-refractivity contribution in [1.29, 1.82) is 0 Å². The van der Waals surface area contributed by atoms with E-state index in [1.165, 1.54) is 12.8 Å². The Morgan fingerprint density at radius 1 is 1.62 bits per heavy atom. The first-order chi connectivity index (χ1) is 6.03. The molecule has 1 atom stereocenters. The molecule has 0 radical (unpaired) electrons. The molecule has 3 N–H and O–H groups in total. The molecule has 3 heteroatoms. The van der Waals surface area contributed by atoms with Crippen LogP contribution in [0.5, 0.6) is 0 Å². The van der Waals surface area contributed by atoms with Crippen LogP contribution in [0.4, 0.5) is 0 Å². The summed E-state index contributed by atoms with van der Waals surface area (Å²) in [7, 11) is 0. The van der Waals surface area contributed by atoms with E-state index in [-0.39, 0.29) is 11.8 Å². The van der Waals surface area contributed by atoms with Gasteiger partial charge in [0, 0.05) is 6.04 Å². The average Bonchev–Trinajstić information content (AvgIpc) is 2.82. The molecule has 0 aromatic heterocycles. The fourth-order valence-corrected chi connectivity index (χ4v) is 1.80. The lowest BCUT2D eigenvalue weighted by molar-refractivity contribution is -0.126. The van der Waals surface area contributed by atoms with Crippen molar-refractivity contribution in [2.24, 2.45) is 11.7 Å². The minimum Gasteiger partial charge on any atom is -0.368 e. The SMILES string of the molecule is CCC(NC1CC1)(C(N)=O)C(C)C. The van der Waals surface area contributed by atoms with Gasteiger partial charge in [-0.1, -0.05) is 20.8 Å². The largest absolute Gasteiger partial charge is 0.368 e. The minimum absolute atomic E-state index is 0.211. The van der Waals surface area contributed by atoms with Crippen molar-refractivity contribution in [3.63, 3.8) is 0 Å². The molecule has 0 heterocycles. The molecule has 0 saturated heterocycles. The van der Waals surface area contributed by atoms with Gasteiger partial charge in [-0.25, -0.2) is 0 Å². The van der Waals surface area contributed by atoms with Crippen LogP contribution in [-0.2, 0) is 4.79 Å². The third-order valence-corrected chi connectivity index (χ3v) is 3.02. The van der Waals surface area contributed by atoms with Crippen molar-refractivity contribution in [1.82, 2.24) is 5.32 Å². The van der Waals surface area contributed by atoms with Crippen molar-refractivity contribution >= 4 is 5.91 Å². The normalized spacial score (nSPS) is 21.5. The van der Waals surface area contributed by atoms with Gasteiger partial charge in [0.15, 0.2) is 0 Å². The molecule has 0 bridgehead atoms. The molecule has 13 heavy (non-hydrogen) atoms. The van der Waals surface area contributed by atoms with E-state index in [1.807, 2.05) is 20.8 Å². The predicted molar refractivity (Wildman–Crippen MR) is 53.2 cm³/mol. The highest BCUT2D eigenvalue weighted by Crippen LogP contribution is 2.28. The molecule has 1 rings (SSSR count). The van der Waals surface area contributed by atoms with Gasteiger partial charge in [0.05, 0.1) is 5.54 Å². The molecule has 1 fully saturated rings. The summed E-state index contributed by atoms with van der Waals surface area (Å²) >= 11 is 0. The lowest BCUT2D eigenvalue weighted by Crippen LogP contribution is -2.59. The second kappa shape index (κ2) is 3.66. The average molecular weight is 184 g/mol. The van der Waals surface area contributed by atoms with Gasteiger partial charge < -0.3 is 11.1 Å². The van der Waals surface area contributed by atoms with Crippen LogP contribution in [0.15, 0.2) is 0 Å². The third-order valence-electron chi connectivity index (χ3n) is 3.02. The number of nitrogens with one attached hydrogen (secondary N) is 1. The van der Waals surface area contributed by atoms with E-state index >= 15 is 0 Å². The molecule has 0 spiro atoms. The van der Waals surface area contributed by atoms with Gasteiger partial charge in [0.25, 0.3) is 0 Å². The van der Waals surface area contributed by atoms with Crippen LogP contribution in [0.1, 0.15) is 40.0 Å². The van der Waals surface area contributed by atoms with Crippen molar-refractivity contribution in [3.8, 4) is 0 Å². The van der Waals surface area contributed by atoms with Gasteiger partial charge in [0.2, 0.25) is 5.91 Å². The minimum atomic E-state index is -0.485. The molecule has 1 saturated carbocycles. The highest BCUT2D eigenvalue weighted by Gasteiger charge is 2.41. The lowest BCUT2D eigenvalue weighted by atomic mass is 9.83. The molecular formula is C10H20N2O. The predicted octanol–water partition coefficient (Wildman–Crippen LogP) is 1.03. The maximum absolute atomic E-state index is 11.4. The fraction of sp³-hybridized carbons (Fsp3) is 0.900. The lowest BCUT2D eigenvalue weighted by Gasteiger charge is -2.34. The van der Waals surface area contributed by atoms with E-state index in [0.717, 1.165) is 6.42 Å². The first-order valence-electron chi connectivity index (χ1n) is 5.10. The van der Waals surface area contributed by atoms with Crippen LogP contribution in [0.3, 0.4) is 0 Å². The Balaban J connectivity index is 2.73. The first kappa shape index (κ1) is 10.5. The van der Waals surface area contributed by atoms with Gasteiger partial charge in [-0.05, 0) is 25.2 Å². The summed E-state index contributed by atoms with van der Waals surface area (Å²) in [5.41, 5.74) is 4.97. The van der Waals surface area contributed by atoms with Crippen LogP contribution < -0.4 is 11.1 Å². The van der Waals surface area contributed by atoms with Crippen molar-refractivity contribution < 1.29 is 4.79 Å². The smallest absolute Gasteiger partial charge is 0.237 e. The summed E-state index contributed by atoms with van der Waals surface area (Å²) in [5, 5.41) is 3.38. The number of amides is 1. The zero-order chi connectivity index (χ0) is 10.1. The van der Waals surface area contributed by atoms with Crippen LogP contribution in [0, 0.1) is 5.92 Å². The Kier molecular flexibility index (Phi) is 2.96. The fourth-order valence-electron chi connectivity index (χ4n) is 1.80. The van der Waals surface area contributed by atoms with Crippen molar-refractivity contribution in [3.05, 3.63) is 0 Å². The number of carbonyl (C=O) groups is 1. The molecule has 1 aliphatic carbocycles. The van der Waals surface area contributed by atoms with Crippen molar-refractivity contribution in [2.45, 2.75) is 51.6 Å². The molecule has 1 aliphatic rings. The molecule has 1 unspecified atom stereocenters. The number of hydrogen-bond acceptors (Lipinski definition) is 2. The zero-order valence-corrected chi connectivity index (χ0v) is 8.76. The van der Waals surface area contributed by atoms with Gasteiger partial charge in [-0.3, -0.25) is 4.79 Å². The van der Waals surface area contributed by atoms with E-state index in [1.54, 1.807) is 0 Å². The van der Waals surface area contributed by atoms with E-state index in [9.17, 15) is 4.79 Å². The quantitative estimate of drug-likeness (QED) is 0.670. The molecule has 3 nitrogen and oxygen atoms in total. The van der Waals surface area contributed by atoms with Gasteiger partial charge >= 0.3 is 0 Å². The standard InChI is InChI=1S/C10H20N2O/c1-4-10(7(2)3,9(11)13)12-8-5-6-8/h7-8,12H,4-6H2,1-3H3,(H2,11,13). The van der Waals surface area contributed by atoms with Crippen LogP contribution in [0.2, 0.25) is 0 Å². The summed E-state index contributed by atoms with van der Waals surface area (Å²) in [6, 6.07) is 0.523. The number of hydrogen-bond donors (Lipinski definition) is 2. The van der Waals surface area contributed by atoms with Gasteiger partial charge in [-0.15, -0.1) is 0 Å². The number of nitrogens with two attached hydrogens (primary N) is 1. The number of carbonyl (C=O) groups excluding carboxylic acids is 1. The summed E-state index contributed by atoms with van der Waals surface area (Å²) in [6.07, 6.45) is 3.14. The Bertz CT molecular complexity index is 199. The molecule has 0 aromatic carbocycles. The third kappa shape index (κ3) is 2.02. The Labute approximate surface area is 80.1 Å². The first-order valence-corrected chi connectivity index (χ1v) is 5.10. The summed E-state index contributed by atoms with van der Waals surface area (Å²) in [6.45, 7) is 6.10. The molecule has 76 valence electrons. The van der Waals surface area contributed by atoms with E-state index in [4.69, 9.17) is 5.73 Å². The monoisotopic (exact) mass is 184 g/mol. The second-order valence-electron chi connectivity index (χ2n) is 4.26. The van der Waals surface area contributed by atoms with Crippen molar-refractivity contribution in [2.75, 3.05) is 0 Å². The summed E-state index contributed by atoms with van der Waals surface area (Å²) < 4.78 is 0. The number of primary amides is 1. The van der Waals surface area contributed by atoms with Gasteiger partial charge in [-0.2, -0.15) is 0 Å². The molecule has 1 amide bonds. The highest BCUT2D eigenvalue weighted by molar-refractivity contribution is 5.85. The molecule has 0 aliphatic heterocycles. The zero-order valence-electron chi connectivity index (χ0n) is 8.76. The molecular weight excluding hydrogens is 164 g/mol. The Morgan fingerprint density at radius 3 is 2.38 bits per heavy atom. The maximum atomic E-state index is 11.4. The van der Waals surface area contributed by atoms with Crippen LogP contribution >= 0.6 is 0 Å². The Hall–Kier alpha value is -0.570. The Morgan fingerprint density at radius 2 is 2.15 bits per heavy atom. The van der Waals surface area contributed by atoms with Crippen LogP contribution in [0.25, 0.3) is 0 Å². The van der Waals surface area contributed by atoms with Crippen LogP contribution in [-0.4, -0.2) is 17.5 Å². The number of rotatable bonds is 5. The topological polar surface area (TPSA) is 55.1 Å². The van der Waals surface area contributed by atoms with E-state index < -0.39 is 5.54 Å². The second-order valence-corrected chi connectivity index (χ2v) is 4.26. The van der Waals surface area contributed by atoms with E-state index in [0.29, 0.717) is 6.04 Å². The van der Waals surface area contributed by atoms with E-state index in [2.05, 4.69) is 5.32 Å². The highest BCUT2D eigenvalue weighted by atomic mass is 16.1. The summed E-state index contributed by atoms with van der Waals surface area (Å²) in [5.74, 6) is 0.0486. The maximum Gasteiger partial charge on any atom is 0.237 e. The van der Waals surface area contributed by atoms with Gasteiger partial charge in [0.1, 0.15) is 0 Å². The summed E-state index contributed by atoms with van der Waals surface area (Å²) in [4.78, 5) is 11.4. The molecule has 0 aromatic rings.